The first kappa shape index (κ1) is 26.9. The van der Waals surface area contributed by atoms with E-state index in [1.165, 1.54) is 11.1 Å². The lowest BCUT2D eigenvalue weighted by molar-refractivity contribution is 0.251. The number of halogens is 4. The van der Waals surface area contributed by atoms with Gasteiger partial charge in [0.05, 0.1) is 0 Å². The Morgan fingerprint density at radius 3 is 1.14 bits per heavy atom. The molecule has 35 heavy (non-hydrogen) atoms. The largest absolute Gasteiger partial charge is 0.288 e. The van der Waals surface area contributed by atoms with Crippen LogP contribution >= 0.6 is 23.5 Å². The van der Waals surface area contributed by atoms with Gasteiger partial charge in [0.1, 0.15) is 0 Å². The highest BCUT2D eigenvalue weighted by molar-refractivity contribution is 7.99. The van der Waals surface area contributed by atoms with E-state index >= 15 is 0 Å². The first-order valence-corrected chi connectivity index (χ1v) is 12.9. The summed E-state index contributed by atoms with van der Waals surface area (Å²) in [5.41, 5.74) is 6.81. The molecule has 0 bridgehead atoms. The molecule has 0 aliphatic heterocycles. The van der Waals surface area contributed by atoms with Gasteiger partial charge in [0.25, 0.3) is 11.5 Å². The number of thioether (sulfide) groups is 2. The first-order chi connectivity index (χ1) is 16.8. The molecule has 182 valence electrons. The lowest BCUT2D eigenvalue weighted by atomic mass is 10.0. The van der Waals surface area contributed by atoms with Gasteiger partial charge < -0.3 is 0 Å². The second kappa shape index (κ2) is 13.4. The molecule has 0 saturated heterocycles. The second-order valence-corrected chi connectivity index (χ2v) is 9.85. The molecule has 0 spiro atoms. The average molecular weight is 515 g/mol. The van der Waals surface area contributed by atoms with Crippen LogP contribution in [0, 0.1) is 6.92 Å². The number of benzene rings is 4. The van der Waals surface area contributed by atoms with E-state index in [0.717, 1.165) is 28.7 Å². The van der Waals surface area contributed by atoms with E-state index in [1.807, 2.05) is 55.5 Å². The molecule has 0 N–H and O–H groups in total. The maximum absolute atomic E-state index is 12.2. The number of hydrogen-bond acceptors (Lipinski definition) is 2. The fraction of sp³-hybridized carbons (Fsp3) is 0.172. The molecule has 6 heteroatoms. The van der Waals surface area contributed by atoms with Crippen LogP contribution in [0.2, 0.25) is 0 Å². The predicted octanol–water partition coefficient (Wildman–Crippen LogP) is 10.2. The molecule has 0 aliphatic rings. The van der Waals surface area contributed by atoms with Gasteiger partial charge in [-0.3, -0.25) is 0 Å². The number of aryl methyl sites for hydroxylation is 2. The Balaban J connectivity index is 0.000000196. The van der Waals surface area contributed by atoms with Crippen molar-refractivity contribution >= 4 is 23.5 Å². The van der Waals surface area contributed by atoms with Gasteiger partial charge in [0.15, 0.2) is 0 Å². The van der Waals surface area contributed by atoms with E-state index in [4.69, 9.17) is 0 Å². The van der Waals surface area contributed by atoms with Gasteiger partial charge in [-0.15, -0.1) is 0 Å². The number of rotatable bonds is 7. The molecule has 0 amide bonds. The Morgan fingerprint density at radius 1 is 0.514 bits per heavy atom. The van der Waals surface area contributed by atoms with Crippen LogP contribution in [0.5, 0.6) is 0 Å². The Morgan fingerprint density at radius 2 is 0.829 bits per heavy atom. The molecule has 0 unspecified atom stereocenters. The second-order valence-electron chi connectivity index (χ2n) is 7.72. The van der Waals surface area contributed by atoms with Crippen molar-refractivity contribution in [2.45, 2.75) is 41.6 Å². The zero-order valence-electron chi connectivity index (χ0n) is 19.4. The van der Waals surface area contributed by atoms with Crippen molar-refractivity contribution < 1.29 is 17.6 Å². The molecular formula is C29H26F4S2. The van der Waals surface area contributed by atoms with Gasteiger partial charge >= 0.3 is 0 Å². The maximum Gasteiger partial charge on any atom is 0.288 e. The topological polar surface area (TPSA) is 0 Å². The molecule has 0 radical (unpaired) electrons. The minimum atomic E-state index is -2.36. The van der Waals surface area contributed by atoms with E-state index in [0.29, 0.717) is 33.3 Å². The van der Waals surface area contributed by atoms with Crippen molar-refractivity contribution in [3.8, 4) is 22.3 Å². The summed E-state index contributed by atoms with van der Waals surface area (Å²) in [6.07, 6.45) is 1.02. The first-order valence-electron chi connectivity index (χ1n) is 11.1. The van der Waals surface area contributed by atoms with Crippen molar-refractivity contribution in [1.29, 1.82) is 0 Å². The van der Waals surface area contributed by atoms with Crippen LogP contribution < -0.4 is 0 Å². The third kappa shape index (κ3) is 8.79. The van der Waals surface area contributed by atoms with Crippen LogP contribution in [0.25, 0.3) is 22.3 Å². The molecule has 4 aromatic carbocycles. The summed E-state index contributed by atoms with van der Waals surface area (Å²) in [5.74, 6) is -4.72. The maximum atomic E-state index is 12.2. The van der Waals surface area contributed by atoms with Crippen molar-refractivity contribution in [1.82, 2.24) is 0 Å². The molecule has 0 aromatic heterocycles. The minimum Gasteiger partial charge on any atom is -0.198 e. The summed E-state index contributed by atoms with van der Waals surface area (Å²) in [5, 5.41) is 0. The highest BCUT2D eigenvalue weighted by Gasteiger charge is 2.06. The SMILES string of the molecule is CCc1ccc(-c2ccc(SC(F)F)cc2)cc1.Cc1ccc(-c2ccc(SC(F)F)cc2)cc1. The normalized spacial score (nSPS) is 10.9. The summed E-state index contributed by atoms with van der Waals surface area (Å²) in [7, 11) is 0. The number of hydrogen-bond donors (Lipinski definition) is 0. The summed E-state index contributed by atoms with van der Waals surface area (Å²) in [6.45, 7) is 4.15. The third-order valence-electron chi connectivity index (χ3n) is 5.24. The van der Waals surface area contributed by atoms with E-state index in [9.17, 15) is 17.6 Å². The minimum absolute atomic E-state index is 0.571. The molecule has 0 saturated carbocycles. The summed E-state index contributed by atoms with van der Waals surface area (Å²) in [4.78, 5) is 1.19. The Bertz CT molecular complexity index is 1160. The summed E-state index contributed by atoms with van der Waals surface area (Å²) >= 11 is 1.15. The van der Waals surface area contributed by atoms with Gasteiger partial charge in [-0.25, -0.2) is 0 Å². The van der Waals surface area contributed by atoms with E-state index in [-0.39, 0.29) is 0 Å². The van der Waals surface area contributed by atoms with E-state index in [2.05, 4.69) is 31.2 Å². The monoisotopic (exact) mass is 514 g/mol. The molecule has 0 aliphatic carbocycles. The van der Waals surface area contributed by atoms with Gasteiger partial charge in [-0.05, 0) is 65.4 Å². The van der Waals surface area contributed by atoms with Crippen molar-refractivity contribution in [3.63, 3.8) is 0 Å². The zero-order valence-corrected chi connectivity index (χ0v) is 21.1. The lowest BCUT2D eigenvalue weighted by Gasteiger charge is -2.05. The highest BCUT2D eigenvalue weighted by Crippen LogP contribution is 2.29. The molecule has 0 heterocycles. The number of alkyl halides is 4. The zero-order chi connectivity index (χ0) is 25.2. The molecular weight excluding hydrogens is 488 g/mol. The van der Waals surface area contributed by atoms with Gasteiger partial charge in [0, 0.05) is 9.79 Å². The fourth-order valence-electron chi connectivity index (χ4n) is 3.34. The Labute approximate surface area is 212 Å². The van der Waals surface area contributed by atoms with Crippen LogP contribution in [0.4, 0.5) is 17.6 Å². The van der Waals surface area contributed by atoms with Crippen molar-refractivity contribution in [3.05, 3.63) is 108 Å². The molecule has 0 atom stereocenters. The van der Waals surface area contributed by atoms with E-state index in [1.54, 1.807) is 24.3 Å². The Kier molecular flexibility index (Phi) is 10.3. The van der Waals surface area contributed by atoms with Gasteiger partial charge in [-0.1, -0.05) is 109 Å². The van der Waals surface area contributed by atoms with Crippen LogP contribution in [0.1, 0.15) is 18.1 Å². The summed E-state index contributed by atoms with van der Waals surface area (Å²) in [6, 6.07) is 30.9. The van der Waals surface area contributed by atoms with Crippen molar-refractivity contribution in [2.24, 2.45) is 0 Å². The standard InChI is InChI=1S/C15H14F2S.C14H12F2S/c1-2-11-3-5-12(6-4-11)13-7-9-14(10-8-13)18-15(16)17;1-10-2-4-11(5-3-10)12-6-8-13(9-7-12)17-14(15)16/h3-10,15H,2H2,1H3;2-9,14H,1H3. The molecule has 4 rings (SSSR count). The van der Waals surface area contributed by atoms with Crippen LogP contribution in [0.15, 0.2) is 107 Å². The smallest absolute Gasteiger partial charge is 0.198 e. The highest BCUT2D eigenvalue weighted by atomic mass is 32.2. The van der Waals surface area contributed by atoms with Crippen LogP contribution in [-0.4, -0.2) is 11.5 Å². The average Bonchev–Trinajstić information content (AvgIpc) is 2.85. The van der Waals surface area contributed by atoms with E-state index < -0.39 is 11.5 Å². The lowest BCUT2D eigenvalue weighted by Crippen LogP contribution is -1.83. The molecule has 0 fully saturated rings. The van der Waals surface area contributed by atoms with Crippen LogP contribution in [-0.2, 0) is 6.42 Å². The summed E-state index contributed by atoms with van der Waals surface area (Å²) < 4.78 is 48.7. The Hall–Kier alpha value is -2.70. The predicted molar refractivity (Wildman–Crippen MR) is 142 cm³/mol. The van der Waals surface area contributed by atoms with Crippen molar-refractivity contribution in [2.75, 3.05) is 0 Å². The molecule has 4 aromatic rings. The quantitative estimate of drug-likeness (QED) is 0.178. The molecule has 0 nitrogen and oxygen atoms in total. The van der Waals surface area contributed by atoms with Gasteiger partial charge in [-0.2, -0.15) is 17.6 Å². The fourth-order valence-corrected chi connectivity index (χ4v) is 4.33. The third-order valence-corrected chi connectivity index (χ3v) is 6.68. The van der Waals surface area contributed by atoms with Gasteiger partial charge in [0.2, 0.25) is 0 Å². The van der Waals surface area contributed by atoms with Crippen LogP contribution in [0.3, 0.4) is 0 Å².